The first-order valence-corrected chi connectivity index (χ1v) is 6.27. The normalized spacial score (nSPS) is 24.1. The van der Waals surface area contributed by atoms with Gasteiger partial charge in [0.15, 0.2) is 5.78 Å². The number of benzene rings is 1. The molecule has 1 aromatic rings. The first kappa shape index (κ1) is 12.9. The van der Waals surface area contributed by atoms with Crippen molar-refractivity contribution in [2.75, 3.05) is 23.7 Å². The molecule has 3 N–H and O–H groups in total. The van der Waals surface area contributed by atoms with Gasteiger partial charge >= 0.3 is 0 Å². The highest BCUT2D eigenvalue weighted by atomic mass is 16.3. The molecule has 1 unspecified atom stereocenters. The molecule has 0 spiro atoms. The van der Waals surface area contributed by atoms with Crippen molar-refractivity contribution >= 4 is 17.2 Å². The van der Waals surface area contributed by atoms with Crippen LogP contribution in [0.15, 0.2) is 18.2 Å². The smallest absolute Gasteiger partial charge is 0.161 e. The number of aliphatic hydroxyl groups is 1. The monoisotopic (exact) mass is 248 g/mol. The lowest BCUT2D eigenvalue weighted by Gasteiger charge is -2.38. The summed E-state index contributed by atoms with van der Waals surface area (Å²) >= 11 is 0. The summed E-state index contributed by atoms with van der Waals surface area (Å²) in [6.45, 7) is 4.88. The van der Waals surface area contributed by atoms with Crippen LogP contribution in [0.1, 0.15) is 37.0 Å². The predicted octanol–water partition coefficient (Wildman–Crippen LogP) is 1.82. The summed E-state index contributed by atoms with van der Waals surface area (Å²) in [7, 11) is 0. The van der Waals surface area contributed by atoms with Gasteiger partial charge in [-0.15, -0.1) is 0 Å². The molecule has 1 heterocycles. The molecule has 0 amide bonds. The zero-order chi connectivity index (χ0) is 13.3. The fourth-order valence-electron chi connectivity index (χ4n) is 2.51. The minimum atomic E-state index is -0.647. The summed E-state index contributed by atoms with van der Waals surface area (Å²) < 4.78 is 0. The van der Waals surface area contributed by atoms with E-state index in [0.29, 0.717) is 17.8 Å². The quantitative estimate of drug-likeness (QED) is 0.619. The Labute approximate surface area is 107 Å². The number of ketones is 1. The van der Waals surface area contributed by atoms with Gasteiger partial charge in [0.1, 0.15) is 0 Å². The fourth-order valence-corrected chi connectivity index (χ4v) is 2.51. The molecule has 4 nitrogen and oxygen atoms in total. The third-order valence-electron chi connectivity index (χ3n) is 3.45. The van der Waals surface area contributed by atoms with Gasteiger partial charge in [0, 0.05) is 30.0 Å². The molecule has 1 fully saturated rings. The lowest BCUT2D eigenvalue weighted by atomic mass is 9.94. The third kappa shape index (κ3) is 2.64. The standard InChI is InChI=1S/C14H20N2O2/c1-10(17)12-5-4-11(8-13(12)15)16-7-3-6-14(2,18)9-16/h4-5,8,18H,3,6-7,9,15H2,1-2H3. The Morgan fingerprint density at radius 3 is 2.78 bits per heavy atom. The molecule has 1 saturated heterocycles. The number of carbonyl (C=O) groups excluding carboxylic acids is 1. The highest BCUT2D eigenvalue weighted by molar-refractivity contribution is 5.99. The maximum Gasteiger partial charge on any atom is 0.161 e. The van der Waals surface area contributed by atoms with Crippen molar-refractivity contribution in [2.24, 2.45) is 0 Å². The Morgan fingerprint density at radius 1 is 1.50 bits per heavy atom. The van der Waals surface area contributed by atoms with Crippen LogP contribution < -0.4 is 10.6 Å². The van der Waals surface area contributed by atoms with Crippen molar-refractivity contribution in [2.45, 2.75) is 32.3 Å². The fraction of sp³-hybridized carbons (Fsp3) is 0.500. The van der Waals surface area contributed by atoms with Crippen LogP contribution in [0.25, 0.3) is 0 Å². The van der Waals surface area contributed by atoms with Gasteiger partial charge in [-0.2, -0.15) is 0 Å². The van der Waals surface area contributed by atoms with Crippen LogP contribution in [0.2, 0.25) is 0 Å². The Balaban J connectivity index is 2.24. The summed E-state index contributed by atoms with van der Waals surface area (Å²) in [5, 5.41) is 10.1. The summed E-state index contributed by atoms with van der Waals surface area (Å²) in [6, 6.07) is 5.48. The van der Waals surface area contributed by atoms with E-state index in [1.165, 1.54) is 6.92 Å². The molecule has 2 rings (SSSR count). The first-order valence-electron chi connectivity index (χ1n) is 6.27. The van der Waals surface area contributed by atoms with Crippen LogP contribution >= 0.6 is 0 Å². The molecule has 0 radical (unpaired) electrons. The number of hydrogen-bond donors (Lipinski definition) is 2. The zero-order valence-corrected chi connectivity index (χ0v) is 10.9. The van der Waals surface area contributed by atoms with Crippen LogP contribution in [0, 0.1) is 0 Å². The Kier molecular flexibility index (Phi) is 3.30. The van der Waals surface area contributed by atoms with Crippen LogP contribution in [-0.4, -0.2) is 29.6 Å². The predicted molar refractivity (Wildman–Crippen MR) is 72.9 cm³/mol. The maximum atomic E-state index is 11.3. The Bertz CT molecular complexity index is 469. The highest BCUT2D eigenvalue weighted by Gasteiger charge is 2.28. The average Bonchev–Trinajstić information content (AvgIpc) is 2.27. The topological polar surface area (TPSA) is 66.6 Å². The molecular formula is C14H20N2O2. The molecule has 1 aliphatic rings. The number of piperidine rings is 1. The highest BCUT2D eigenvalue weighted by Crippen LogP contribution is 2.28. The summed E-state index contributed by atoms with van der Waals surface area (Å²) in [5.74, 6) is -0.0234. The van der Waals surface area contributed by atoms with Gasteiger partial charge in [-0.25, -0.2) is 0 Å². The average molecular weight is 248 g/mol. The van der Waals surface area contributed by atoms with E-state index in [2.05, 4.69) is 4.90 Å². The maximum absolute atomic E-state index is 11.3. The number of rotatable bonds is 2. The lowest BCUT2D eigenvalue weighted by Crippen LogP contribution is -2.46. The lowest BCUT2D eigenvalue weighted by molar-refractivity contribution is 0.0449. The van der Waals surface area contributed by atoms with Crippen LogP contribution in [0.5, 0.6) is 0 Å². The van der Waals surface area contributed by atoms with Gasteiger partial charge in [0.25, 0.3) is 0 Å². The van der Waals surface area contributed by atoms with E-state index in [1.54, 1.807) is 6.07 Å². The van der Waals surface area contributed by atoms with E-state index < -0.39 is 5.60 Å². The molecule has 1 atom stereocenters. The van der Waals surface area contributed by atoms with Crippen LogP contribution in [0.3, 0.4) is 0 Å². The number of β-amino-alcohol motifs (C(OH)–C–C–N with tert-alkyl or cyclic N) is 1. The van der Waals surface area contributed by atoms with E-state index in [4.69, 9.17) is 5.73 Å². The molecule has 0 saturated carbocycles. The SMILES string of the molecule is CC(=O)c1ccc(N2CCCC(C)(O)C2)cc1N. The largest absolute Gasteiger partial charge is 0.398 e. The first-order chi connectivity index (χ1) is 8.39. The van der Waals surface area contributed by atoms with Gasteiger partial charge < -0.3 is 15.7 Å². The summed E-state index contributed by atoms with van der Waals surface area (Å²) in [6.07, 6.45) is 1.78. The van der Waals surface area contributed by atoms with Crippen molar-refractivity contribution < 1.29 is 9.90 Å². The van der Waals surface area contributed by atoms with Crippen molar-refractivity contribution in [3.63, 3.8) is 0 Å². The van der Waals surface area contributed by atoms with E-state index >= 15 is 0 Å². The number of nitrogen functional groups attached to an aromatic ring is 1. The second-order valence-electron chi connectivity index (χ2n) is 5.35. The number of hydrogen-bond acceptors (Lipinski definition) is 4. The third-order valence-corrected chi connectivity index (χ3v) is 3.45. The van der Waals surface area contributed by atoms with Crippen LogP contribution in [-0.2, 0) is 0 Å². The molecule has 0 aliphatic carbocycles. The van der Waals surface area contributed by atoms with Crippen molar-refractivity contribution in [3.8, 4) is 0 Å². The second-order valence-corrected chi connectivity index (χ2v) is 5.35. The Hall–Kier alpha value is -1.55. The molecule has 0 bridgehead atoms. The van der Waals surface area contributed by atoms with Crippen molar-refractivity contribution in [1.29, 1.82) is 0 Å². The van der Waals surface area contributed by atoms with Crippen molar-refractivity contribution in [1.82, 2.24) is 0 Å². The molecule has 1 aliphatic heterocycles. The van der Waals surface area contributed by atoms with Crippen LogP contribution in [0.4, 0.5) is 11.4 Å². The van der Waals surface area contributed by atoms with Gasteiger partial charge in [0.2, 0.25) is 0 Å². The molecule has 4 heteroatoms. The zero-order valence-electron chi connectivity index (χ0n) is 10.9. The van der Waals surface area contributed by atoms with Gasteiger partial charge in [-0.05, 0) is 44.9 Å². The van der Waals surface area contributed by atoms with E-state index in [9.17, 15) is 9.90 Å². The van der Waals surface area contributed by atoms with E-state index in [1.807, 2.05) is 19.1 Å². The van der Waals surface area contributed by atoms with Crippen molar-refractivity contribution in [3.05, 3.63) is 23.8 Å². The van der Waals surface area contributed by atoms with Gasteiger partial charge in [-0.1, -0.05) is 0 Å². The number of nitrogens with zero attached hydrogens (tertiary/aromatic N) is 1. The van der Waals surface area contributed by atoms with E-state index in [0.717, 1.165) is 25.1 Å². The van der Waals surface area contributed by atoms with Gasteiger partial charge in [-0.3, -0.25) is 4.79 Å². The number of carbonyl (C=O) groups is 1. The summed E-state index contributed by atoms with van der Waals surface area (Å²) in [4.78, 5) is 13.4. The molecular weight excluding hydrogens is 228 g/mol. The second kappa shape index (κ2) is 4.61. The molecule has 0 aromatic heterocycles. The number of anilines is 2. The minimum absolute atomic E-state index is 0.0234. The Morgan fingerprint density at radius 2 is 2.22 bits per heavy atom. The summed E-state index contributed by atoms with van der Waals surface area (Å²) in [5.41, 5.74) is 7.27. The number of nitrogens with two attached hydrogens (primary N) is 1. The molecule has 18 heavy (non-hydrogen) atoms. The number of Topliss-reactive ketones (excluding diaryl/α,β-unsaturated/α-hetero) is 1. The van der Waals surface area contributed by atoms with Gasteiger partial charge in [0.05, 0.1) is 5.60 Å². The molecule has 98 valence electrons. The minimum Gasteiger partial charge on any atom is -0.398 e. The van der Waals surface area contributed by atoms with E-state index in [-0.39, 0.29) is 5.78 Å². The molecule has 1 aromatic carbocycles.